The minimum atomic E-state index is -1.57. The molecule has 1 aromatic rings. The van der Waals surface area contributed by atoms with E-state index in [1.54, 1.807) is 6.07 Å². The van der Waals surface area contributed by atoms with Gasteiger partial charge in [0, 0.05) is 23.6 Å². The molecule has 0 heterocycles. The van der Waals surface area contributed by atoms with Crippen molar-refractivity contribution in [2.75, 3.05) is 21.3 Å². The molecule has 0 aliphatic carbocycles. The number of benzene rings is 1. The second-order valence-electron chi connectivity index (χ2n) is 4.52. The van der Waals surface area contributed by atoms with Crippen LogP contribution in [0.1, 0.15) is 17.9 Å². The van der Waals surface area contributed by atoms with E-state index in [0.717, 1.165) is 26.4 Å². The monoisotopic (exact) mass is 327 g/mol. The Morgan fingerprint density at radius 3 is 2.13 bits per heavy atom. The molecule has 23 heavy (non-hydrogen) atoms. The van der Waals surface area contributed by atoms with E-state index in [9.17, 15) is 18.4 Å². The van der Waals surface area contributed by atoms with Gasteiger partial charge >= 0.3 is 11.9 Å². The first-order valence-corrected chi connectivity index (χ1v) is 6.46. The lowest BCUT2D eigenvalue weighted by Gasteiger charge is -2.21. The molecule has 0 saturated carbocycles. The Labute approximate surface area is 131 Å². The molecule has 124 valence electrons. The summed E-state index contributed by atoms with van der Waals surface area (Å²) in [6.45, 7) is 0. The van der Waals surface area contributed by atoms with Crippen LogP contribution in [0, 0.1) is 28.9 Å². The molecule has 0 aromatic heterocycles. The predicted octanol–water partition coefficient (Wildman–Crippen LogP) is 1.93. The number of carbonyl (C=O) groups is 2. The summed E-state index contributed by atoms with van der Waals surface area (Å²) in [6, 6.07) is 3.41. The van der Waals surface area contributed by atoms with Crippen molar-refractivity contribution in [3.8, 4) is 11.8 Å². The van der Waals surface area contributed by atoms with Crippen molar-refractivity contribution in [2.24, 2.45) is 5.92 Å². The zero-order chi connectivity index (χ0) is 17.6. The molecule has 2 unspecified atom stereocenters. The van der Waals surface area contributed by atoms with Crippen LogP contribution in [0.15, 0.2) is 12.1 Å². The Bertz CT molecular complexity index is 618. The van der Waals surface area contributed by atoms with Gasteiger partial charge in [-0.25, -0.2) is 8.78 Å². The second kappa shape index (κ2) is 8.08. The summed E-state index contributed by atoms with van der Waals surface area (Å²) in [5.74, 6) is -6.96. The molecule has 0 spiro atoms. The topological polar surface area (TPSA) is 85.6 Å². The normalized spacial score (nSPS) is 12.7. The highest BCUT2D eigenvalue weighted by Gasteiger charge is 2.36. The van der Waals surface area contributed by atoms with Gasteiger partial charge in [-0.2, -0.15) is 5.26 Å². The lowest BCUT2D eigenvalue weighted by Crippen LogP contribution is -2.26. The van der Waals surface area contributed by atoms with Crippen molar-refractivity contribution in [1.29, 1.82) is 5.26 Å². The molecule has 0 saturated heterocycles. The van der Waals surface area contributed by atoms with Crippen LogP contribution in [0.5, 0.6) is 5.75 Å². The highest BCUT2D eigenvalue weighted by molar-refractivity contribution is 5.79. The molecule has 2 atom stereocenters. The van der Waals surface area contributed by atoms with Gasteiger partial charge in [0.05, 0.1) is 33.8 Å². The van der Waals surface area contributed by atoms with Crippen LogP contribution in [0.3, 0.4) is 0 Å². The molecule has 1 rings (SSSR count). The molecule has 0 N–H and O–H groups in total. The van der Waals surface area contributed by atoms with Gasteiger partial charge in [-0.15, -0.1) is 0 Å². The molecule has 0 aliphatic rings. The average molecular weight is 327 g/mol. The molecular weight excluding hydrogens is 312 g/mol. The summed E-state index contributed by atoms with van der Waals surface area (Å²) in [5, 5.41) is 9.15. The van der Waals surface area contributed by atoms with Crippen LogP contribution >= 0.6 is 0 Å². The minimum Gasteiger partial charge on any atom is -0.497 e. The Hall–Kier alpha value is -2.69. The molecule has 0 fully saturated rings. The predicted molar refractivity (Wildman–Crippen MR) is 73.4 cm³/mol. The summed E-state index contributed by atoms with van der Waals surface area (Å²) in [7, 11) is 3.34. The Morgan fingerprint density at radius 1 is 1.17 bits per heavy atom. The third-order valence-electron chi connectivity index (χ3n) is 3.27. The summed E-state index contributed by atoms with van der Waals surface area (Å²) >= 11 is 0. The van der Waals surface area contributed by atoms with Gasteiger partial charge in [-0.05, 0) is 0 Å². The number of nitrogens with zero attached hydrogens (tertiary/aromatic N) is 1. The molecule has 1 aromatic carbocycles. The van der Waals surface area contributed by atoms with E-state index in [0.29, 0.717) is 0 Å². The van der Waals surface area contributed by atoms with Gasteiger partial charge in [-0.3, -0.25) is 9.59 Å². The molecule has 6 nitrogen and oxygen atoms in total. The van der Waals surface area contributed by atoms with Crippen LogP contribution < -0.4 is 4.74 Å². The number of esters is 2. The zero-order valence-corrected chi connectivity index (χ0v) is 12.8. The lowest BCUT2D eigenvalue weighted by molar-refractivity contribution is -0.145. The molecule has 8 heteroatoms. The standard InChI is InChI=1S/C15H15F2NO5/c1-21-8-4-11(16)14(12(17)5-8)9(6-13(19)22-2)10(7-18)15(20)23-3/h4-5,9-10H,6H2,1-3H3. The SMILES string of the molecule is COC(=O)CC(c1c(F)cc(OC)cc1F)C(C#N)C(=O)OC. The van der Waals surface area contributed by atoms with E-state index in [1.165, 1.54) is 7.11 Å². The third-order valence-corrected chi connectivity index (χ3v) is 3.27. The van der Waals surface area contributed by atoms with Crippen LogP contribution in [-0.2, 0) is 19.1 Å². The fourth-order valence-corrected chi connectivity index (χ4v) is 2.12. The van der Waals surface area contributed by atoms with Crippen LogP contribution in [0.2, 0.25) is 0 Å². The van der Waals surface area contributed by atoms with Crippen LogP contribution in [0.4, 0.5) is 8.78 Å². The highest BCUT2D eigenvalue weighted by Crippen LogP contribution is 2.35. The summed E-state index contributed by atoms with van der Waals surface area (Å²) in [4.78, 5) is 23.2. The lowest BCUT2D eigenvalue weighted by atomic mass is 9.83. The van der Waals surface area contributed by atoms with Crippen molar-refractivity contribution in [3.05, 3.63) is 29.3 Å². The third kappa shape index (κ3) is 4.16. The molecule has 0 radical (unpaired) electrons. The number of carbonyl (C=O) groups excluding carboxylic acids is 2. The van der Waals surface area contributed by atoms with Gasteiger partial charge in [0.1, 0.15) is 17.4 Å². The minimum absolute atomic E-state index is 0.0767. The maximum atomic E-state index is 14.2. The van der Waals surface area contributed by atoms with Crippen LogP contribution in [-0.4, -0.2) is 33.3 Å². The molecule has 0 bridgehead atoms. The number of ether oxygens (including phenoxy) is 3. The van der Waals surface area contributed by atoms with E-state index < -0.39 is 47.4 Å². The van der Waals surface area contributed by atoms with E-state index in [-0.39, 0.29) is 5.75 Å². The number of halogens is 2. The number of rotatable bonds is 6. The smallest absolute Gasteiger partial charge is 0.323 e. The van der Waals surface area contributed by atoms with Crippen LogP contribution in [0.25, 0.3) is 0 Å². The largest absolute Gasteiger partial charge is 0.497 e. The maximum absolute atomic E-state index is 14.2. The van der Waals surface area contributed by atoms with E-state index >= 15 is 0 Å². The fourth-order valence-electron chi connectivity index (χ4n) is 2.12. The van der Waals surface area contributed by atoms with Crippen molar-refractivity contribution < 1.29 is 32.6 Å². The quantitative estimate of drug-likeness (QED) is 0.742. The van der Waals surface area contributed by atoms with Gasteiger partial charge in [0.2, 0.25) is 0 Å². The Morgan fingerprint density at radius 2 is 1.74 bits per heavy atom. The first kappa shape index (κ1) is 18.4. The highest BCUT2D eigenvalue weighted by atomic mass is 19.1. The maximum Gasteiger partial charge on any atom is 0.323 e. The van der Waals surface area contributed by atoms with E-state index in [1.807, 2.05) is 0 Å². The van der Waals surface area contributed by atoms with Gasteiger partial charge in [-0.1, -0.05) is 0 Å². The fraction of sp³-hybridized carbons (Fsp3) is 0.400. The first-order chi connectivity index (χ1) is 10.9. The first-order valence-electron chi connectivity index (χ1n) is 6.46. The summed E-state index contributed by atoms with van der Waals surface area (Å²) < 4.78 is 42.1. The van der Waals surface area contributed by atoms with Crippen molar-refractivity contribution in [2.45, 2.75) is 12.3 Å². The second-order valence-corrected chi connectivity index (χ2v) is 4.52. The molecular formula is C15H15F2NO5. The number of hydrogen-bond acceptors (Lipinski definition) is 6. The summed E-state index contributed by atoms with van der Waals surface area (Å²) in [5.41, 5.74) is -0.576. The van der Waals surface area contributed by atoms with Crippen molar-refractivity contribution in [1.82, 2.24) is 0 Å². The molecule has 0 amide bonds. The van der Waals surface area contributed by atoms with E-state index in [4.69, 9.17) is 10.00 Å². The van der Waals surface area contributed by atoms with Gasteiger partial charge in [0.25, 0.3) is 0 Å². The molecule has 0 aliphatic heterocycles. The zero-order valence-electron chi connectivity index (χ0n) is 12.8. The Balaban J connectivity index is 3.43. The number of nitriles is 1. The summed E-state index contributed by atoms with van der Waals surface area (Å²) in [6.07, 6.45) is -0.565. The van der Waals surface area contributed by atoms with Gasteiger partial charge < -0.3 is 14.2 Å². The van der Waals surface area contributed by atoms with Crippen molar-refractivity contribution in [3.63, 3.8) is 0 Å². The van der Waals surface area contributed by atoms with E-state index in [2.05, 4.69) is 9.47 Å². The number of methoxy groups -OCH3 is 3. The average Bonchev–Trinajstić information content (AvgIpc) is 2.53. The number of hydrogen-bond donors (Lipinski definition) is 0. The Kier molecular flexibility index (Phi) is 6.45. The van der Waals surface area contributed by atoms with Crippen molar-refractivity contribution >= 4 is 11.9 Å². The van der Waals surface area contributed by atoms with Gasteiger partial charge in [0.15, 0.2) is 5.92 Å².